The smallest absolute Gasteiger partial charge is 0.247 e. The van der Waals surface area contributed by atoms with E-state index in [1.807, 2.05) is 56.3 Å². The summed E-state index contributed by atoms with van der Waals surface area (Å²) in [4.78, 5) is 14.9. The van der Waals surface area contributed by atoms with E-state index in [2.05, 4.69) is 41.2 Å². The van der Waals surface area contributed by atoms with Gasteiger partial charge < -0.3 is 4.90 Å². The van der Waals surface area contributed by atoms with Crippen LogP contribution in [0.25, 0.3) is 0 Å². The Hall–Kier alpha value is -2.88. The first-order valence-corrected chi connectivity index (χ1v) is 8.98. The van der Waals surface area contributed by atoms with E-state index in [-0.39, 0.29) is 11.8 Å². The second kappa shape index (κ2) is 8.00. The summed E-state index contributed by atoms with van der Waals surface area (Å²) in [5.74, 6) is 0.232. The lowest BCUT2D eigenvalue weighted by molar-refractivity contribution is 0.0865. The van der Waals surface area contributed by atoms with E-state index in [1.54, 1.807) is 0 Å². The second-order valence-electron chi connectivity index (χ2n) is 6.82. The maximum absolute atomic E-state index is 12.6. The van der Waals surface area contributed by atoms with Crippen LogP contribution in [0.15, 0.2) is 66.7 Å². The molecule has 0 aliphatic heterocycles. The van der Waals surface area contributed by atoms with Crippen molar-refractivity contribution in [1.82, 2.24) is 9.78 Å². The summed E-state index contributed by atoms with van der Waals surface area (Å²) in [6.07, 6.45) is 0.456. The normalized spacial score (nSPS) is 12.0. The van der Waals surface area contributed by atoms with Crippen molar-refractivity contribution in [3.63, 3.8) is 0 Å². The van der Waals surface area contributed by atoms with Gasteiger partial charge in [0.1, 0.15) is 0 Å². The summed E-state index contributed by atoms with van der Waals surface area (Å²) in [6, 6.07) is 22.5. The van der Waals surface area contributed by atoms with Gasteiger partial charge in [0.15, 0.2) is 0 Å². The predicted octanol–water partition coefficient (Wildman–Crippen LogP) is 5.00. The molecule has 26 heavy (non-hydrogen) atoms. The van der Waals surface area contributed by atoms with Gasteiger partial charge >= 0.3 is 0 Å². The molecule has 4 nitrogen and oxygen atoms in total. The van der Waals surface area contributed by atoms with Crippen molar-refractivity contribution in [3.8, 4) is 0 Å². The van der Waals surface area contributed by atoms with Crippen molar-refractivity contribution >= 4 is 17.3 Å². The number of hydrogen-bond donors (Lipinski definition) is 0. The molecule has 0 aliphatic rings. The SMILES string of the molecule is Cc1cc(C)n(C(=O)CC(C)CN(c2ccccc2)c2ccccc2)n1. The number of rotatable bonds is 6. The molecule has 0 amide bonds. The number of para-hydroxylation sites is 2. The molecule has 0 fully saturated rings. The van der Waals surface area contributed by atoms with Crippen molar-refractivity contribution in [1.29, 1.82) is 0 Å². The molecule has 4 heteroatoms. The average molecular weight is 347 g/mol. The van der Waals surface area contributed by atoms with Gasteiger partial charge in [-0.15, -0.1) is 0 Å². The fraction of sp³-hybridized carbons (Fsp3) is 0.273. The largest absolute Gasteiger partial charge is 0.341 e. The summed E-state index contributed by atoms with van der Waals surface area (Å²) in [7, 11) is 0. The van der Waals surface area contributed by atoms with Crippen molar-refractivity contribution in [2.45, 2.75) is 27.2 Å². The summed E-state index contributed by atoms with van der Waals surface area (Å²) in [5.41, 5.74) is 4.02. The fourth-order valence-corrected chi connectivity index (χ4v) is 3.22. The highest BCUT2D eigenvalue weighted by atomic mass is 16.2. The Morgan fingerprint density at radius 2 is 1.54 bits per heavy atom. The lowest BCUT2D eigenvalue weighted by Crippen LogP contribution is -2.27. The topological polar surface area (TPSA) is 38.1 Å². The van der Waals surface area contributed by atoms with Gasteiger partial charge in [0.2, 0.25) is 5.91 Å². The average Bonchev–Trinajstić information content (AvgIpc) is 2.99. The number of carbonyl (C=O) groups is 1. The summed E-state index contributed by atoms with van der Waals surface area (Å²) in [6.45, 7) is 6.71. The van der Waals surface area contributed by atoms with Crippen LogP contribution in [-0.2, 0) is 0 Å². The third-order valence-corrected chi connectivity index (χ3v) is 4.40. The molecule has 2 aromatic carbocycles. The van der Waals surface area contributed by atoms with E-state index in [9.17, 15) is 4.79 Å². The molecule has 3 aromatic rings. The Morgan fingerprint density at radius 1 is 1.00 bits per heavy atom. The van der Waals surface area contributed by atoms with Crippen LogP contribution in [0.3, 0.4) is 0 Å². The zero-order chi connectivity index (χ0) is 18.5. The van der Waals surface area contributed by atoms with Crippen LogP contribution in [0, 0.1) is 19.8 Å². The Bertz CT molecular complexity index is 816. The number of carbonyl (C=O) groups excluding carboxylic acids is 1. The van der Waals surface area contributed by atoms with Gasteiger partial charge in [0, 0.05) is 30.0 Å². The van der Waals surface area contributed by atoms with Crippen LogP contribution < -0.4 is 4.90 Å². The lowest BCUT2D eigenvalue weighted by atomic mass is 10.1. The van der Waals surface area contributed by atoms with Crippen molar-refractivity contribution in [2.75, 3.05) is 11.4 Å². The molecule has 0 saturated heterocycles. The number of benzene rings is 2. The van der Waals surface area contributed by atoms with Crippen LogP contribution in [0.2, 0.25) is 0 Å². The first-order chi connectivity index (χ1) is 12.5. The highest BCUT2D eigenvalue weighted by molar-refractivity contribution is 5.79. The molecule has 1 heterocycles. The zero-order valence-electron chi connectivity index (χ0n) is 15.6. The van der Waals surface area contributed by atoms with E-state index >= 15 is 0 Å². The molecule has 3 rings (SSSR count). The molecular formula is C22H25N3O. The summed E-state index contributed by atoms with van der Waals surface area (Å²) in [5, 5.41) is 4.31. The quantitative estimate of drug-likeness (QED) is 0.629. The monoisotopic (exact) mass is 347 g/mol. The first-order valence-electron chi connectivity index (χ1n) is 8.98. The van der Waals surface area contributed by atoms with Crippen LogP contribution >= 0.6 is 0 Å². The minimum Gasteiger partial charge on any atom is -0.341 e. The molecule has 0 bridgehead atoms. The second-order valence-corrected chi connectivity index (χ2v) is 6.82. The van der Waals surface area contributed by atoms with Gasteiger partial charge in [0.25, 0.3) is 0 Å². The number of aryl methyl sites for hydroxylation is 2. The van der Waals surface area contributed by atoms with Gasteiger partial charge in [-0.25, -0.2) is 4.68 Å². The molecule has 1 atom stereocenters. The Labute approximate surface area is 155 Å². The third-order valence-electron chi connectivity index (χ3n) is 4.40. The van der Waals surface area contributed by atoms with Gasteiger partial charge in [-0.3, -0.25) is 4.79 Å². The van der Waals surface area contributed by atoms with E-state index in [1.165, 1.54) is 4.68 Å². The van der Waals surface area contributed by atoms with E-state index in [0.29, 0.717) is 6.42 Å². The van der Waals surface area contributed by atoms with Crippen molar-refractivity contribution in [2.24, 2.45) is 5.92 Å². The maximum atomic E-state index is 12.6. The van der Waals surface area contributed by atoms with Crippen molar-refractivity contribution in [3.05, 3.63) is 78.1 Å². The zero-order valence-corrected chi connectivity index (χ0v) is 15.6. The first kappa shape index (κ1) is 17.9. The maximum Gasteiger partial charge on any atom is 0.247 e. The molecule has 0 aliphatic carbocycles. The van der Waals surface area contributed by atoms with Gasteiger partial charge in [0.05, 0.1) is 5.69 Å². The number of aromatic nitrogens is 2. The fourth-order valence-electron chi connectivity index (χ4n) is 3.22. The summed E-state index contributed by atoms with van der Waals surface area (Å²) < 4.78 is 1.53. The number of nitrogens with zero attached hydrogens (tertiary/aromatic N) is 3. The van der Waals surface area contributed by atoms with Crippen LogP contribution in [0.4, 0.5) is 11.4 Å². The molecule has 0 spiro atoms. The molecule has 0 saturated carbocycles. The lowest BCUT2D eigenvalue weighted by Gasteiger charge is -2.28. The van der Waals surface area contributed by atoms with Gasteiger partial charge in [-0.05, 0) is 50.1 Å². The predicted molar refractivity (Wildman–Crippen MR) is 106 cm³/mol. The van der Waals surface area contributed by atoms with Crippen LogP contribution in [0.5, 0.6) is 0 Å². The minimum absolute atomic E-state index is 0.0455. The molecule has 0 radical (unpaired) electrons. The highest BCUT2D eigenvalue weighted by Crippen LogP contribution is 2.26. The van der Waals surface area contributed by atoms with Crippen LogP contribution in [0.1, 0.15) is 29.5 Å². The third kappa shape index (κ3) is 4.20. The van der Waals surface area contributed by atoms with E-state index in [4.69, 9.17) is 0 Å². The number of hydrogen-bond acceptors (Lipinski definition) is 3. The van der Waals surface area contributed by atoms with Gasteiger partial charge in [-0.2, -0.15) is 5.10 Å². The molecule has 1 aromatic heterocycles. The van der Waals surface area contributed by atoms with E-state index in [0.717, 1.165) is 29.3 Å². The highest BCUT2D eigenvalue weighted by Gasteiger charge is 2.18. The van der Waals surface area contributed by atoms with Gasteiger partial charge in [-0.1, -0.05) is 43.3 Å². The molecule has 134 valence electrons. The molecule has 0 N–H and O–H groups in total. The van der Waals surface area contributed by atoms with Crippen LogP contribution in [-0.4, -0.2) is 22.2 Å². The van der Waals surface area contributed by atoms with E-state index < -0.39 is 0 Å². The Balaban J connectivity index is 1.76. The molecular weight excluding hydrogens is 322 g/mol. The molecule has 1 unspecified atom stereocenters. The van der Waals surface area contributed by atoms with Crippen molar-refractivity contribution < 1.29 is 4.79 Å². The minimum atomic E-state index is 0.0455. The Morgan fingerprint density at radius 3 is 2.00 bits per heavy atom. The number of anilines is 2. The Kier molecular flexibility index (Phi) is 5.52. The summed E-state index contributed by atoms with van der Waals surface area (Å²) >= 11 is 0. The standard InChI is InChI=1S/C22H25N3O/c1-17(14-22(26)25-19(3)15-18(2)23-25)16-24(20-10-6-4-7-11-20)21-12-8-5-9-13-21/h4-13,15,17H,14,16H2,1-3H3.